The van der Waals surface area contributed by atoms with E-state index in [0.29, 0.717) is 11.6 Å². The third kappa shape index (κ3) is 2.19. The summed E-state index contributed by atoms with van der Waals surface area (Å²) in [5.41, 5.74) is 6.32. The number of amides is 1. The fraction of sp³-hybridized carbons (Fsp3) is 0.222. The van der Waals surface area contributed by atoms with Gasteiger partial charge < -0.3 is 11.1 Å². The standard InChI is InChI=1S/C9H12N6O/c1-6-4-11-13-9(6)12-8(16)5-15-3-2-7(10)14-15/h2-4H,5H2,1H3,(H2,10,14)(H2,11,12,13,16). The van der Waals surface area contributed by atoms with Crippen LogP contribution in [-0.2, 0) is 11.3 Å². The Morgan fingerprint density at radius 1 is 1.69 bits per heavy atom. The number of nitrogen functional groups attached to an aromatic ring is 1. The number of nitrogens with one attached hydrogen (secondary N) is 2. The maximum Gasteiger partial charge on any atom is 0.247 e. The zero-order valence-corrected chi connectivity index (χ0v) is 8.77. The molecule has 0 fully saturated rings. The third-order valence-corrected chi connectivity index (χ3v) is 2.06. The quantitative estimate of drug-likeness (QED) is 0.684. The van der Waals surface area contributed by atoms with Crippen LogP contribution in [0.15, 0.2) is 18.5 Å². The van der Waals surface area contributed by atoms with Gasteiger partial charge in [0, 0.05) is 11.8 Å². The predicted octanol–water partition coefficient (Wildman–Crippen LogP) is 0.136. The van der Waals surface area contributed by atoms with Crippen LogP contribution in [0.2, 0.25) is 0 Å². The Balaban J connectivity index is 1.97. The first-order valence-corrected chi connectivity index (χ1v) is 4.74. The zero-order chi connectivity index (χ0) is 11.5. The fourth-order valence-corrected chi connectivity index (χ4v) is 1.26. The Hall–Kier alpha value is -2.31. The van der Waals surface area contributed by atoms with E-state index in [0.717, 1.165) is 5.56 Å². The summed E-state index contributed by atoms with van der Waals surface area (Å²) in [7, 11) is 0. The number of rotatable bonds is 3. The molecule has 0 unspecified atom stereocenters. The Kier molecular flexibility index (Phi) is 2.59. The Labute approximate surface area is 91.6 Å². The summed E-state index contributed by atoms with van der Waals surface area (Å²) in [5.74, 6) is 0.811. The molecule has 4 N–H and O–H groups in total. The molecule has 2 aromatic rings. The molecule has 16 heavy (non-hydrogen) atoms. The van der Waals surface area contributed by atoms with Gasteiger partial charge in [0.15, 0.2) is 0 Å². The summed E-state index contributed by atoms with van der Waals surface area (Å²) in [4.78, 5) is 11.6. The van der Waals surface area contributed by atoms with Gasteiger partial charge in [-0.2, -0.15) is 10.2 Å². The Bertz CT molecular complexity index is 500. The second-order valence-corrected chi connectivity index (χ2v) is 3.41. The second kappa shape index (κ2) is 4.05. The number of aromatic nitrogens is 4. The molecule has 7 heteroatoms. The molecule has 0 aromatic carbocycles. The van der Waals surface area contributed by atoms with Crippen LogP contribution < -0.4 is 11.1 Å². The number of H-pyrrole nitrogens is 1. The van der Waals surface area contributed by atoms with Crippen LogP contribution in [0.3, 0.4) is 0 Å². The van der Waals surface area contributed by atoms with Gasteiger partial charge in [0.05, 0.1) is 6.20 Å². The Morgan fingerprint density at radius 2 is 2.50 bits per heavy atom. The van der Waals surface area contributed by atoms with Crippen LogP contribution in [0.4, 0.5) is 11.6 Å². The molecule has 0 aliphatic rings. The van der Waals surface area contributed by atoms with Crippen LogP contribution >= 0.6 is 0 Å². The van der Waals surface area contributed by atoms with Crippen molar-refractivity contribution in [3.05, 3.63) is 24.0 Å². The number of carbonyl (C=O) groups excluding carboxylic acids is 1. The third-order valence-electron chi connectivity index (χ3n) is 2.06. The molecule has 0 aliphatic carbocycles. The van der Waals surface area contributed by atoms with Crippen molar-refractivity contribution in [3.8, 4) is 0 Å². The average molecular weight is 220 g/mol. The van der Waals surface area contributed by atoms with Crippen molar-refractivity contribution in [3.63, 3.8) is 0 Å². The normalized spacial score (nSPS) is 10.3. The highest BCUT2D eigenvalue weighted by atomic mass is 16.2. The van der Waals surface area contributed by atoms with Crippen molar-refractivity contribution >= 4 is 17.5 Å². The van der Waals surface area contributed by atoms with E-state index in [4.69, 9.17) is 5.73 Å². The number of hydrogen-bond donors (Lipinski definition) is 3. The minimum Gasteiger partial charge on any atom is -0.382 e. The van der Waals surface area contributed by atoms with Gasteiger partial charge >= 0.3 is 0 Å². The molecule has 0 atom stereocenters. The van der Waals surface area contributed by atoms with E-state index in [2.05, 4.69) is 20.6 Å². The first kappa shape index (κ1) is 10.2. The molecule has 84 valence electrons. The number of anilines is 2. The summed E-state index contributed by atoms with van der Waals surface area (Å²) in [5, 5.41) is 13.1. The van der Waals surface area contributed by atoms with Crippen LogP contribution in [0.25, 0.3) is 0 Å². The maximum atomic E-state index is 11.6. The zero-order valence-electron chi connectivity index (χ0n) is 8.77. The molecule has 2 rings (SSSR count). The van der Waals surface area contributed by atoms with E-state index >= 15 is 0 Å². The van der Waals surface area contributed by atoms with Crippen molar-refractivity contribution in [1.82, 2.24) is 20.0 Å². The molecule has 0 radical (unpaired) electrons. The first-order valence-electron chi connectivity index (χ1n) is 4.74. The number of aryl methyl sites for hydroxylation is 1. The fourth-order valence-electron chi connectivity index (χ4n) is 1.26. The number of carbonyl (C=O) groups is 1. The van der Waals surface area contributed by atoms with E-state index in [1.165, 1.54) is 4.68 Å². The number of nitrogens with two attached hydrogens (primary N) is 1. The Morgan fingerprint density at radius 3 is 3.06 bits per heavy atom. The number of aromatic amines is 1. The van der Waals surface area contributed by atoms with Gasteiger partial charge in [-0.1, -0.05) is 0 Å². The van der Waals surface area contributed by atoms with Gasteiger partial charge in [0.25, 0.3) is 0 Å². The van der Waals surface area contributed by atoms with Crippen LogP contribution in [0, 0.1) is 6.92 Å². The van der Waals surface area contributed by atoms with E-state index in [1.54, 1.807) is 18.5 Å². The number of hydrogen-bond acceptors (Lipinski definition) is 4. The van der Waals surface area contributed by atoms with E-state index < -0.39 is 0 Å². The smallest absolute Gasteiger partial charge is 0.247 e. The van der Waals surface area contributed by atoms with Crippen molar-refractivity contribution < 1.29 is 4.79 Å². The average Bonchev–Trinajstić information content (AvgIpc) is 2.77. The largest absolute Gasteiger partial charge is 0.382 e. The first-order chi connectivity index (χ1) is 7.65. The van der Waals surface area contributed by atoms with E-state index in [-0.39, 0.29) is 12.5 Å². The molecular weight excluding hydrogens is 208 g/mol. The summed E-state index contributed by atoms with van der Waals surface area (Å²) >= 11 is 0. The van der Waals surface area contributed by atoms with Crippen LogP contribution in [0.1, 0.15) is 5.56 Å². The second-order valence-electron chi connectivity index (χ2n) is 3.41. The summed E-state index contributed by atoms with van der Waals surface area (Å²) < 4.78 is 1.47. The van der Waals surface area contributed by atoms with Gasteiger partial charge in [0.1, 0.15) is 18.2 Å². The molecule has 0 spiro atoms. The van der Waals surface area contributed by atoms with Gasteiger partial charge in [-0.25, -0.2) is 0 Å². The highest BCUT2D eigenvalue weighted by molar-refractivity contribution is 5.90. The molecule has 1 amide bonds. The van der Waals surface area contributed by atoms with Gasteiger partial charge in [0.2, 0.25) is 5.91 Å². The van der Waals surface area contributed by atoms with Gasteiger partial charge in [-0.05, 0) is 13.0 Å². The molecule has 0 saturated heterocycles. The van der Waals surface area contributed by atoms with Crippen molar-refractivity contribution in [2.45, 2.75) is 13.5 Å². The highest BCUT2D eigenvalue weighted by Gasteiger charge is 2.07. The van der Waals surface area contributed by atoms with Gasteiger partial charge in [-0.3, -0.25) is 14.6 Å². The molecule has 0 bridgehead atoms. The SMILES string of the molecule is Cc1cn[nH]c1NC(=O)Cn1ccc(N)n1. The lowest BCUT2D eigenvalue weighted by atomic mass is 10.4. The molecule has 0 saturated carbocycles. The minimum absolute atomic E-state index is 0.121. The summed E-state index contributed by atoms with van der Waals surface area (Å²) in [6.07, 6.45) is 3.29. The monoisotopic (exact) mass is 220 g/mol. The van der Waals surface area contributed by atoms with Crippen molar-refractivity contribution in [2.75, 3.05) is 11.1 Å². The van der Waals surface area contributed by atoms with E-state index in [1.807, 2.05) is 6.92 Å². The molecule has 2 aromatic heterocycles. The lowest BCUT2D eigenvalue weighted by Gasteiger charge is -2.03. The molecule has 0 aliphatic heterocycles. The summed E-state index contributed by atoms with van der Waals surface area (Å²) in [6, 6.07) is 1.63. The van der Waals surface area contributed by atoms with Gasteiger partial charge in [-0.15, -0.1) is 0 Å². The topological polar surface area (TPSA) is 102 Å². The minimum atomic E-state index is -0.185. The molecule has 2 heterocycles. The predicted molar refractivity (Wildman–Crippen MR) is 58.6 cm³/mol. The van der Waals surface area contributed by atoms with Crippen molar-refractivity contribution in [2.24, 2.45) is 0 Å². The maximum absolute atomic E-state index is 11.6. The lowest BCUT2D eigenvalue weighted by molar-refractivity contribution is -0.116. The summed E-state index contributed by atoms with van der Waals surface area (Å²) in [6.45, 7) is 1.97. The lowest BCUT2D eigenvalue weighted by Crippen LogP contribution is -2.19. The molecular formula is C9H12N6O. The number of nitrogens with zero attached hydrogens (tertiary/aromatic N) is 3. The van der Waals surface area contributed by atoms with Crippen molar-refractivity contribution in [1.29, 1.82) is 0 Å². The van der Waals surface area contributed by atoms with E-state index in [9.17, 15) is 4.79 Å². The molecule has 7 nitrogen and oxygen atoms in total. The van der Waals surface area contributed by atoms with Crippen LogP contribution in [-0.4, -0.2) is 25.9 Å². The van der Waals surface area contributed by atoms with Crippen LogP contribution in [0.5, 0.6) is 0 Å². The highest BCUT2D eigenvalue weighted by Crippen LogP contribution is 2.08.